The van der Waals surface area contributed by atoms with E-state index in [4.69, 9.17) is 24.9 Å². The number of hydrogen-bond acceptors (Lipinski definition) is 9. The van der Waals surface area contributed by atoms with Crippen molar-refractivity contribution in [3.8, 4) is 17.9 Å². The molecule has 1 aromatic carbocycles. The molecule has 4 rings (SSSR count). The first-order chi connectivity index (χ1) is 17.5. The Morgan fingerprint density at radius 1 is 1.19 bits per heavy atom. The Labute approximate surface area is 214 Å². The number of nitrogens with two attached hydrogens (primary N) is 1. The lowest BCUT2D eigenvalue weighted by atomic mass is 9.83. The lowest BCUT2D eigenvalue weighted by Gasteiger charge is -2.28. The van der Waals surface area contributed by atoms with Crippen LogP contribution in [0.1, 0.15) is 47.6 Å². The third kappa shape index (κ3) is 5.02. The molecule has 0 saturated heterocycles. The number of thioether (sulfide) groups is 1. The summed E-state index contributed by atoms with van der Waals surface area (Å²) in [5.41, 5.74) is 9.71. The monoisotopic (exact) mass is 502 g/mol. The number of hydrogen-bond donors (Lipinski definition) is 1. The van der Waals surface area contributed by atoms with Gasteiger partial charge in [-0.15, -0.1) is 0 Å². The molecule has 9 heteroatoms. The summed E-state index contributed by atoms with van der Waals surface area (Å²) in [6.07, 6.45) is 5.09. The van der Waals surface area contributed by atoms with Crippen LogP contribution < -0.4 is 10.5 Å². The van der Waals surface area contributed by atoms with Gasteiger partial charge in [0.25, 0.3) is 0 Å². The van der Waals surface area contributed by atoms with Gasteiger partial charge in [0, 0.05) is 5.69 Å². The van der Waals surface area contributed by atoms with Gasteiger partial charge in [0.15, 0.2) is 0 Å². The average Bonchev–Trinajstić information content (AvgIpc) is 3.15. The first-order valence-corrected chi connectivity index (χ1v) is 12.6. The number of rotatable bonds is 6. The molecule has 0 unspecified atom stereocenters. The minimum absolute atomic E-state index is 0.0797. The fourth-order valence-corrected chi connectivity index (χ4v) is 5.45. The Hall–Kier alpha value is -3.95. The van der Waals surface area contributed by atoms with Gasteiger partial charge in [-0.1, -0.05) is 30.3 Å². The smallest absolute Gasteiger partial charge is 0.338 e. The van der Waals surface area contributed by atoms with Crippen LogP contribution in [0.25, 0.3) is 0 Å². The minimum Gasteiger partial charge on any atom is -0.497 e. The van der Waals surface area contributed by atoms with Gasteiger partial charge < -0.3 is 19.9 Å². The topological polar surface area (TPSA) is 131 Å². The molecule has 1 aliphatic carbocycles. The summed E-state index contributed by atoms with van der Waals surface area (Å²) in [6.45, 7) is 0. The first kappa shape index (κ1) is 25.2. The zero-order chi connectivity index (χ0) is 25.7. The molecule has 0 spiro atoms. The molecule has 2 N–H and O–H groups in total. The fourth-order valence-electron chi connectivity index (χ4n) is 4.53. The van der Waals surface area contributed by atoms with Crippen LogP contribution in [0.3, 0.4) is 0 Å². The number of methoxy groups -OCH3 is 2. The first-order valence-electron chi connectivity index (χ1n) is 11.6. The maximum atomic E-state index is 13.0. The molecule has 36 heavy (non-hydrogen) atoms. The van der Waals surface area contributed by atoms with E-state index >= 15 is 0 Å². The normalized spacial score (nSPS) is 17.3. The minimum atomic E-state index is -0.794. The van der Waals surface area contributed by atoms with Crippen molar-refractivity contribution in [3.05, 3.63) is 75.5 Å². The molecule has 2 heterocycles. The molecular weight excluding hydrogens is 476 g/mol. The number of fused-ring (bicyclic) bond motifs is 1. The van der Waals surface area contributed by atoms with Crippen LogP contribution in [0.15, 0.2) is 58.1 Å². The lowest BCUT2D eigenvalue weighted by Crippen LogP contribution is -2.26. The predicted octanol–water partition coefficient (Wildman–Crippen LogP) is 4.26. The Morgan fingerprint density at radius 2 is 2.00 bits per heavy atom. The predicted molar refractivity (Wildman–Crippen MR) is 134 cm³/mol. The number of aryl methyl sites for hydroxylation is 2. The second kappa shape index (κ2) is 11.2. The van der Waals surface area contributed by atoms with Crippen LogP contribution in [0.5, 0.6) is 5.75 Å². The van der Waals surface area contributed by atoms with Crippen molar-refractivity contribution >= 4 is 17.7 Å². The lowest BCUT2D eigenvalue weighted by molar-refractivity contribution is -0.136. The van der Waals surface area contributed by atoms with Crippen LogP contribution in [-0.4, -0.2) is 30.9 Å². The van der Waals surface area contributed by atoms with E-state index in [0.29, 0.717) is 21.9 Å². The molecule has 0 saturated carbocycles. The number of aromatic nitrogens is 1. The van der Waals surface area contributed by atoms with Crippen molar-refractivity contribution in [1.82, 2.24) is 4.98 Å². The van der Waals surface area contributed by atoms with Crippen LogP contribution >= 0.6 is 11.8 Å². The van der Waals surface area contributed by atoms with Crippen molar-refractivity contribution in [2.75, 3.05) is 20.0 Å². The second-order valence-electron chi connectivity index (χ2n) is 8.44. The number of nitriles is 2. The molecule has 8 nitrogen and oxygen atoms in total. The number of carbonyl (C=O) groups excluding carboxylic acids is 1. The number of esters is 1. The molecule has 184 valence electrons. The molecule has 2 aromatic rings. The van der Waals surface area contributed by atoms with E-state index in [0.717, 1.165) is 43.4 Å². The molecule has 1 aliphatic heterocycles. The zero-order valence-corrected chi connectivity index (χ0v) is 21.0. The van der Waals surface area contributed by atoms with Crippen molar-refractivity contribution in [1.29, 1.82) is 10.5 Å². The largest absolute Gasteiger partial charge is 0.497 e. The van der Waals surface area contributed by atoms with E-state index in [2.05, 4.69) is 12.1 Å². The van der Waals surface area contributed by atoms with E-state index < -0.39 is 11.9 Å². The summed E-state index contributed by atoms with van der Waals surface area (Å²) in [6, 6.07) is 13.3. The Kier molecular flexibility index (Phi) is 7.82. The summed E-state index contributed by atoms with van der Waals surface area (Å²) in [4.78, 5) is 17.8. The SMILES string of the molecule is COC(=O)C1=C(CSc2nc3c(cc2C#N)CCCCC3)OC(N)=C(C#N)[C@H]1c1cccc(OC)c1. The molecule has 0 amide bonds. The van der Waals surface area contributed by atoms with E-state index in [1.165, 1.54) is 26.0 Å². The highest BCUT2D eigenvalue weighted by Crippen LogP contribution is 2.42. The van der Waals surface area contributed by atoms with E-state index in [1.54, 1.807) is 24.3 Å². The molecule has 1 atom stereocenters. The highest BCUT2D eigenvalue weighted by Gasteiger charge is 2.37. The molecule has 0 bridgehead atoms. The van der Waals surface area contributed by atoms with E-state index in [1.807, 2.05) is 6.07 Å². The Bertz CT molecular complexity index is 1340. The Balaban J connectivity index is 1.75. The number of benzene rings is 1. The van der Waals surface area contributed by atoms with Gasteiger partial charge >= 0.3 is 5.97 Å². The van der Waals surface area contributed by atoms with Crippen molar-refractivity contribution in [2.24, 2.45) is 5.73 Å². The van der Waals surface area contributed by atoms with Gasteiger partial charge in [0.1, 0.15) is 34.2 Å². The van der Waals surface area contributed by atoms with Crippen molar-refractivity contribution in [2.45, 2.75) is 43.0 Å². The van der Waals surface area contributed by atoms with Crippen LogP contribution in [-0.2, 0) is 27.1 Å². The highest BCUT2D eigenvalue weighted by molar-refractivity contribution is 7.99. The molecular formula is C27H26N4O4S. The van der Waals surface area contributed by atoms with Crippen LogP contribution in [0, 0.1) is 22.7 Å². The third-order valence-corrected chi connectivity index (χ3v) is 7.30. The number of ether oxygens (including phenoxy) is 3. The second-order valence-corrected chi connectivity index (χ2v) is 9.40. The van der Waals surface area contributed by atoms with Gasteiger partial charge in [-0.2, -0.15) is 10.5 Å². The maximum absolute atomic E-state index is 13.0. The number of carbonyl (C=O) groups is 1. The summed E-state index contributed by atoms with van der Waals surface area (Å²) >= 11 is 1.30. The highest BCUT2D eigenvalue weighted by atomic mass is 32.2. The van der Waals surface area contributed by atoms with Crippen molar-refractivity contribution < 1.29 is 19.0 Å². The molecule has 0 fully saturated rings. The third-order valence-electron chi connectivity index (χ3n) is 6.31. The molecule has 1 aromatic heterocycles. The summed E-state index contributed by atoms with van der Waals surface area (Å²) in [5.74, 6) is -0.500. The van der Waals surface area contributed by atoms with Gasteiger partial charge in [-0.3, -0.25) is 0 Å². The fraction of sp³-hybridized carbons (Fsp3) is 0.333. The van der Waals surface area contributed by atoms with Crippen LogP contribution in [0.2, 0.25) is 0 Å². The number of allylic oxidation sites excluding steroid dienone is 1. The maximum Gasteiger partial charge on any atom is 0.338 e. The molecule has 0 radical (unpaired) electrons. The summed E-state index contributed by atoms with van der Waals surface area (Å²) < 4.78 is 16.2. The molecule has 2 aliphatic rings. The Morgan fingerprint density at radius 3 is 2.72 bits per heavy atom. The van der Waals surface area contributed by atoms with E-state index in [-0.39, 0.29) is 28.5 Å². The van der Waals surface area contributed by atoms with Gasteiger partial charge in [-0.25, -0.2) is 9.78 Å². The standard InChI is InChI=1S/C27H26N4O4S/c1-33-19-9-6-8-17(12-19)23-20(14-29)25(30)35-22(24(23)27(32)34-2)15-36-26-18(13-28)11-16-7-4-3-5-10-21(16)31-26/h6,8-9,11-12,23H,3-5,7,10,15,30H2,1-2H3/t23-/m1/s1. The average molecular weight is 503 g/mol. The summed E-state index contributed by atoms with van der Waals surface area (Å²) in [7, 11) is 2.82. The van der Waals surface area contributed by atoms with E-state index in [9.17, 15) is 15.3 Å². The van der Waals surface area contributed by atoms with Crippen LogP contribution in [0.4, 0.5) is 0 Å². The van der Waals surface area contributed by atoms with Gasteiger partial charge in [0.2, 0.25) is 5.88 Å². The van der Waals surface area contributed by atoms with Gasteiger partial charge in [0.05, 0.1) is 37.0 Å². The zero-order valence-electron chi connectivity index (χ0n) is 20.2. The van der Waals surface area contributed by atoms with Crippen molar-refractivity contribution in [3.63, 3.8) is 0 Å². The quantitative estimate of drug-likeness (QED) is 0.350. The number of pyridine rings is 1. The van der Waals surface area contributed by atoms with Gasteiger partial charge in [-0.05, 0) is 55.0 Å². The number of nitrogens with zero attached hydrogens (tertiary/aromatic N) is 3. The summed E-state index contributed by atoms with van der Waals surface area (Å²) in [5, 5.41) is 20.2.